The van der Waals surface area contributed by atoms with E-state index in [4.69, 9.17) is 0 Å². The SMILES string of the molecule is O=C(O)c1ccccc1Cc1cc2ccc3ccccc3c2s1. The summed E-state index contributed by atoms with van der Waals surface area (Å²) < 4.78 is 1.27. The number of aromatic carboxylic acids is 1. The molecule has 0 spiro atoms. The molecule has 0 unspecified atom stereocenters. The van der Waals surface area contributed by atoms with Gasteiger partial charge in [-0.1, -0.05) is 54.6 Å². The van der Waals surface area contributed by atoms with Crippen molar-refractivity contribution in [2.24, 2.45) is 0 Å². The molecule has 0 saturated carbocycles. The van der Waals surface area contributed by atoms with Crippen molar-refractivity contribution in [2.75, 3.05) is 0 Å². The summed E-state index contributed by atoms with van der Waals surface area (Å²) in [6.07, 6.45) is 0.649. The van der Waals surface area contributed by atoms with Crippen LogP contribution in [0.25, 0.3) is 20.9 Å². The Bertz CT molecular complexity index is 1030. The normalized spacial score (nSPS) is 11.1. The van der Waals surface area contributed by atoms with E-state index in [1.165, 1.54) is 25.7 Å². The average molecular weight is 318 g/mol. The van der Waals surface area contributed by atoms with E-state index in [-0.39, 0.29) is 0 Å². The maximum atomic E-state index is 11.4. The predicted octanol–water partition coefficient (Wildman–Crippen LogP) is 5.34. The Morgan fingerprint density at radius 2 is 1.65 bits per heavy atom. The van der Waals surface area contributed by atoms with Gasteiger partial charge in [-0.15, -0.1) is 11.3 Å². The summed E-state index contributed by atoms with van der Waals surface area (Å²) in [5.41, 5.74) is 1.24. The summed E-state index contributed by atoms with van der Waals surface area (Å²) >= 11 is 1.75. The molecule has 2 nitrogen and oxygen atoms in total. The predicted molar refractivity (Wildman–Crippen MR) is 95.5 cm³/mol. The van der Waals surface area contributed by atoms with Crippen LogP contribution in [0.4, 0.5) is 0 Å². The molecule has 112 valence electrons. The van der Waals surface area contributed by atoms with Crippen molar-refractivity contribution in [3.63, 3.8) is 0 Å². The van der Waals surface area contributed by atoms with Crippen LogP contribution in [0.2, 0.25) is 0 Å². The molecule has 4 rings (SSSR count). The maximum absolute atomic E-state index is 11.4. The number of fused-ring (bicyclic) bond motifs is 3. The highest BCUT2D eigenvalue weighted by Gasteiger charge is 2.12. The summed E-state index contributed by atoms with van der Waals surface area (Å²) in [6, 6.07) is 22.0. The molecule has 0 amide bonds. The molecule has 23 heavy (non-hydrogen) atoms. The molecular formula is C20H14O2S. The average Bonchev–Trinajstić information content (AvgIpc) is 2.98. The molecule has 3 aromatic carbocycles. The van der Waals surface area contributed by atoms with Crippen molar-refractivity contribution in [3.05, 3.63) is 82.7 Å². The number of hydrogen-bond donors (Lipinski definition) is 1. The van der Waals surface area contributed by atoms with Crippen LogP contribution in [0.3, 0.4) is 0 Å². The minimum absolute atomic E-state index is 0.384. The van der Waals surface area contributed by atoms with E-state index in [0.717, 1.165) is 5.56 Å². The highest BCUT2D eigenvalue weighted by molar-refractivity contribution is 7.20. The van der Waals surface area contributed by atoms with Gasteiger partial charge in [-0.3, -0.25) is 0 Å². The van der Waals surface area contributed by atoms with Crippen molar-refractivity contribution >= 4 is 38.2 Å². The standard InChI is InChI=1S/C20H14O2S/c21-20(22)18-8-4-2-6-14(18)11-16-12-15-10-9-13-5-1-3-7-17(13)19(15)23-16/h1-10,12H,11H2,(H,21,22). The van der Waals surface area contributed by atoms with Gasteiger partial charge in [-0.2, -0.15) is 0 Å². The molecule has 4 aromatic rings. The van der Waals surface area contributed by atoms with Gasteiger partial charge in [-0.05, 0) is 33.9 Å². The fourth-order valence-corrected chi connectivity index (χ4v) is 4.20. The number of carbonyl (C=O) groups is 1. The zero-order chi connectivity index (χ0) is 15.8. The number of carboxylic acids is 1. The molecule has 1 aromatic heterocycles. The van der Waals surface area contributed by atoms with Crippen LogP contribution in [0.15, 0.2) is 66.7 Å². The molecule has 0 aliphatic rings. The van der Waals surface area contributed by atoms with Crippen LogP contribution >= 0.6 is 11.3 Å². The van der Waals surface area contributed by atoms with Gasteiger partial charge >= 0.3 is 5.97 Å². The van der Waals surface area contributed by atoms with Gasteiger partial charge in [0, 0.05) is 16.0 Å². The van der Waals surface area contributed by atoms with E-state index in [1.54, 1.807) is 23.5 Å². The second-order valence-electron chi connectivity index (χ2n) is 5.56. The maximum Gasteiger partial charge on any atom is 0.335 e. The van der Waals surface area contributed by atoms with Crippen molar-refractivity contribution in [1.82, 2.24) is 0 Å². The topological polar surface area (TPSA) is 37.3 Å². The van der Waals surface area contributed by atoms with Crippen molar-refractivity contribution in [1.29, 1.82) is 0 Å². The molecule has 0 aliphatic carbocycles. The third kappa shape index (κ3) is 2.49. The van der Waals surface area contributed by atoms with Gasteiger partial charge in [0.25, 0.3) is 0 Å². The molecule has 1 N–H and O–H groups in total. The van der Waals surface area contributed by atoms with Gasteiger partial charge in [-0.25, -0.2) is 4.79 Å². The molecular weight excluding hydrogens is 304 g/mol. The Balaban J connectivity index is 1.82. The lowest BCUT2D eigenvalue weighted by Gasteiger charge is -2.03. The Kier molecular flexibility index (Phi) is 3.36. The fourth-order valence-electron chi connectivity index (χ4n) is 2.98. The first-order valence-electron chi connectivity index (χ1n) is 7.44. The lowest BCUT2D eigenvalue weighted by molar-refractivity contribution is 0.0696. The molecule has 0 fully saturated rings. The molecule has 1 heterocycles. The molecule has 0 saturated heterocycles. The van der Waals surface area contributed by atoms with Gasteiger partial charge in [0.05, 0.1) is 5.56 Å². The van der Waals surface area contributed by atoms with Crippen LogP contribution in [-0.2, 0) is 6.42 Å². The molecule has 0 radical (unpaired) electrons. The number of carboxylic acid groups (broad SMARTS) is 1. The van der Waals surface area contributed by atoms with Crippen molar-refractivity contribution < 1.29 is 9.90 Å². The fraction of sp³-hybridized carbons (Fsp3) is 0.0500. The third-order valence-corrected chi connectivity index (χ3v) is 5.26. The Morgan fingerprint density at radius 3 is 2.52 bits per heavy atom. The van der Waals surface area contributed by atoms with Gasteiger partial charge in [0.15, 0.2) is 0 Å². The van der Waals surface area contributed by atoms with Crippen LogP contribution in [0.1, 0.15) is 20.8 Å². The highest BCUT2D eigenvalue weighted by Crippen LogP contribution is 2.33. The molecule has 0 atom stereocenters. The summed E-state index contributed by atoms with van der Waals surface area (Å²) in [5.74, 6) is -0.868. The lowest BCUT2D eigenvalue weighted by atomic mass is 10.0. The number of benzene rings is 3. The number of thiophene rings is 1. The monoisotopic (exact) mass is 318 g/mol. The summed E-state index contributed by atoms with van der Waals surface area (Å²) in [6.45, 7) is 0. The smallest absolute Gasteiger partial charge is 0.335 e. The first kappa shape index (κ1) is 14.0. The van der Waals surface area contributed by atoms with Gasteiger partial charge in [0.1, 0.15) is 0 Å². The minimum atomic E-state index is -0.868. The number of rotatable bonds is 3. The Hall–Kier alpha value is -2.65. The van der Waals surface area contributed by atoms with Crippen molar-refractivity contribution in [2.45, 2.75) is 6.42 Å². The second-order valence-corrected chi connectivity index (χ2v) is 6.69. The van der Waals surface area contributed by atoms with Gasteiger partial charge in [0.2, 0.25) is 0 Å². The zero-order valence-corrected chi connectivity index (χ0v) is 13.1. The minimum Gasteiger partial charge on any atom is -0.478 e. The third-order valence-electron chi connectivity index (χ3n) is 4.07. The van der Waals surface area contributed by atoms with E-state index in [9.17, 15) is 9.90 Å². The first-order valence-corrected chi connectivity index (χ1v) is 8.25. The zero-order valence-electron chi connectivity index (χ0n) is 12.3. The molecule has 0 bridgehead atoms. The van der Waals surface area contributed by atoms with Crippen LogP contribution in [0.5, 0.6) is 0 Å². The first-order chi connectivity index (χ1) is 11.2. The van der Waals surface area contributed by atoms with E-state index in [1.807, 2.05) is 18.2 Å². The van der Waals surface area contributed by atoms with Crippen LogP contribution in [-0.4, -0.2) is 11.1 Å². The molecule has 3 heteroatoms. The summed E-state index contributed by atoms with van der Waals surface area (Å²) in [5, 5.41) is 13.0. The summed E-state index contributed by atoms with van der Waals surface area (Å²) in [4.78, 5) is 12.5. The van der Waals surface area contributed by atoms with Gasteiger partial charge < -0.3 is 5.11 Å². The Labute approximate surface area is 137 Å². The van der Waals surface area contributed by atoms with E-state index >= 15 is 0 Å². The quantitative estimate of drug-likeness (QED) is 0.553. The van der Waals surface area contributed by atoms with E-state index in [2.05, 4.69) is 36.4 Å². The van der Waals surface area contributed by atoms with E-state index < -0.39 is 5.97 Å². The lowest BCUT2D eigenvalue weighted by Crippen LogP contribution is -2.01. The largest absolute Gasteiger partial charge is 0.478 e. The highest BCUT2D eigenvalue weighted by atomic mass is 32.1. The van der Waals surface area contributed by atoms with Crippen molar-refractivity contribution in [3.8, 4) is 0 Å². The van der Waals surface area contributed by atoms with E-state index in [0.29, 0.717) is 12.0 Å². The number of hydrogen-bond acceptors (Lipinski definition) is 2. The second kappa shape index (κ2) is 5.52. The summed E-state index contributed by atoms with van der Waals surface area (Å²) in [7, 11) is 0. The molecule has 0 aliphatic heterocycles. The van der Waals surface area contributed by atoms with Crippen LogP contribution in [0, 0.1) is 0 Å². The van der Waals surface area contributed by atoms with Crippen LogP contribution < -0.4 is 0 Å². The Morgan fingerprint density at radius 1 is 0.913 bits per heavy atom.